The maximum atomic E-state index is 13.6. The summed E-state index contributed by atoms with van der Waals surface area (Å²) in [6.07, 6.45) is -0.542. The van der Waals surface area contributed by atoms with Crippen LogP contribution in [0.3, 0.4) is 0 Å². The molecule has 0 amide bonds. The van der Waals surface area contributed by atoms with Crippen molar-refractivity contribution in [1.29, 1.82) is 0 Å². The lowest BCUT2D eigenvalue weighted by Crippen LogP contribution is -2.12. The predicted octanol–water partition coefficient (Wildman–Crippen LogP) is 5.89. The standard InChI is InChI=1S/C19H18F3NOS/c1-23-10-8-17(14-9-11-24-12-14)25-18-15-5-3-2-4-13(15)6-7-16(18)19(20,21)22/h2-7,9,11-12,17,23H,8,10H2,1H3. The van der Waals surface area contributed by atoms with Gasteiger partial charge in [-0.3, -0.25) is 0 Å². The minimum Gasteiger partial charge on any atom is -0.472 e. The molecule has 25 heavy (non-hydrogen) atoms. The van der Waals surface area contributed by atoms with Crippen LogP contribution in [0.15, 0.2) is 64.3 Å². The van der Waals surface area contributed by atoms with Gasteiger partial charge in [-0.25, -0.2) is 0 Å². The number of alkyl halides is 3. The van der Waals surface area contributed by atoms with Crippen LogP contribution < -0.4 is 5.32 Å². The van der Waals surface area contributed by atoms with E-state index in [9.17, 15) is 13.2 Å². The molecule has 1 N–H and O–H groups in total. The minimum atomic E-state index is -4.39. The van der Waals surface area contributed by atoms with Crippen molar-refractivity contribution >= 4 is 22.5 Å². The monoisotopic (exact) mass is 365 g/mol. The largest absolute Gasteiger partial charge is 0.472 e. The van der Waals surface area contributed by atoms with E-state index in [0.29, 0.717) is 18.4 Å². The van der Waals surface area contributed by atoms with Crippen molar-refractivity contribution in [3.05, 3.63) is 66.1 Å². The molecule has 0 aliphatic carbocycles. The first-order valence-corrected chi connectivity index (χ1v) is 8.81. The second-order valence-electron chi connectivity index (χ2n) is 5.72. The molecule has 3 aromatic rings. The summed E-state index contributed by atoms with van der Waals surface area (Å²) in [5, 5.41) is 4.36. The zero-order valence-corrected chi connectivity index (χ0v) is 14.5. The number of furan rings is 1. The lowest BCUT2D eigenvalue weighted by Gasteiger charge is -2.20. The first-order valence-electron chi connectivity index (χ1n) is 7.93. The molecule has 0 saturated carbocycles. The van der Waals surface area contributed by atoms with Crippen LogP contribution in [-0.4, -0.2) is 13.6 Å². The van der Waals surface area contributed by atoms with Crippen LogP contribution in [-0.2, 0) is 6.18 Å². The van der Waals surface area contributed by atoms with Crippen molar-refractivity contribution < 1.29 is 17.6 Å². The molecule has 132 valence electrons. The van der Waals surface area contributed by atoms with Crippen molar-refractivity contribution in [2.45, 2.75) is 22.7 Å². The zero-order chi connectivity index (χ0) is 17.9. The molecule has 1 unspecified atom stereocenters. The summed E-state index contributed by atoms with van der Waals surface area (Å²) in [5.41, 5.74) is 0.301. The molecular weight excluding hydrogens is 347 g/mol. The summed E-state index contributed by atoms with van der Waals surface area (Å²) in [4.78, 5) is 0.271. The minimum absolute atomic E-state index is 0.127. The average molecular weight is 365 g/mol. The Bertz CT molecular complexity index is 830. The Morgan fingerprint density at radius 1 is 1.12 bits per heavy atom. The van der Waals surface area contributed by atoms with Gasteiger partial charge >= 0.3 is 6.18 Å². The molecule has 0 saturated heterocycles. The third-order valence-corrected chi connectivity index (χ3v) is 5.48. The molecule has 2 nitrogen and oxygen atoms in total. The molecule has 1 atom stereocenters. The van der Waals surface area contributed by atoms with Gasteiger partial charge in [0, 0.05) is 15.7 Å². The Hall–Kier alpha value is -1.92. The van der Waals surface area contributed by atoms with Crippen molar-refractivity contribution in [2.75, 3.05) is 13.6 Å². The molecule has 0 spiro atoms. The number of hydrogen-bond donors (Lipinski definition) is 1. The maximum absolute atomic E-state index is 13.6. The Balaban J connectivity index is 2.08. The fraction of sp³-hybridized carbons (Fsp3) is 0.263. The predicted molar refractivity (Wildman–Crippen MR) is 94.8 cm³/mol. The van der Waals surface area contributed by atoms with E-state index in [1.807, 2.05) is 25.2 Å². The Labute approximate surface area is 148 Å². The molecular formula is C19H18F3NOS. The maximum Gasteiger partial charge on any atom is 0.417 e. The average Bonchev–Trinajstić information content (AvgIpc) is 3.12. The van der Waals surface area contributed by atoms with Gasteiger partial charge in [0.05, 0.1) is 18.1 Å². The topological polar surface area (TPSA) is 25.2 Å². The summed E-state index contributed by atoms with van der Waals surface area (Å²) in [6.45, 7) is 0.703. The summed E-state index contributed by atoms with van der Waals surface area (Å²) < 4.78 is 45.9. The van der Waals surface area contributed by atoms with Crippen molar-refractivity contribution in [1.82, 2.24) is 5.32 Å². The normalized spacial score (nSPS) is 13.3. The van der Waals surface area contributed by atoms with Crippen LogP contribution in [0, 0.1) is 0 Å². The quantitative estimate of drug-likeness (QED) is 0.551. The van der Waals surface area contributed by atoms with Gasteiger partial charge in [0.25, 0.3) is 0 Å². The summed E-state index contributed by atoms with van der Waals surface area (Å²) in [7, 11) is 1.83. The third-order valence-electron chi connectivity index (χ3n) is 4.02. The van der Waals surface area contributed by atoms with Gasteiger partial charge in [-0.2, -0.15) is 13.2 Å². The molecule has 1 heterocycles. The van der Waals surface area contributed by atoms with E-state index < -0.39 is 11.7 Å². The highest BCUT2D eigenvalue weighted by atomic mass is 32.2. The van der Waals surface area contributed by atoms with Crippen molar-refractivity contribution in [3.63, 3.8) is 0 Å². The van der Waals surface area contributed by atoms with Gasteiger partial charge in [-0.15, -0.1) is 11.8 Å². The summed E-state index contributed by atoms with van der Waals surface area (Å²) >= 11 is 1.25. The molecule has 0 aliphatic rings. The van der Waals surface area contributed by atoms with Crippen LogP contribution in [0.5, 0.6) is 0 Å². The number of rotatable bonds is 6. The molecule has 2 aromatic carbocycles. The number of hydrogen-bond acceptors (Lipinski definition) is 3. The first kappa shape index (κ1) is 17.9. The van der Waals surface area contributed by atoms with E-state index in [1.165, 1.54) is 23.9 Å². The van der Waals surface area contributed by atoms with Gasteiger partial charge in [0.2, 0.25) is 0 Å². The van der Waals surface area contributed by atoms with Gasteiger partial charge in [0.15, 0.2) is 0 Å². The molecule has 0 fully saturated rings. The fourth-order valence-corrected chi connectivity index (χ4v) is 4.18. The Morgan fingerprint density at radius 2 is 1.92 bits per heavy atom. The number of fused-ring (bicyclic) bond motifs is 1. The number of nitrogens with one attached hydrogen (secondary N) is 1. The molecule has 0 aliphatic heterocycles. The van der Waals surface area contributed by atoms with E-state index >= 15 is 0 Å². The lowest BCUT2D eigenvalue weighted by molar-refractivity contribution is -0.139. The molecule has 0 radical (unpaired) electrons. The van der Waals surface area contributed by atoms with Crippen molar-refractivity contribution in [2.24, 2.45) is 0 Å². The van der Waals surface area contributed by atoms with E-state index in [-0.39, 0.29) is 10.1 Å². The number of halogens is 3. The highest BCUT2D eigenvalue weighted by Crippen LogP contribution is 2.46. The molecule has 6 heteroatoms. The Kier molecular flexibility index (Phi) is 5.39. The lowest BCUT2D eigenvalue weighted by atomic mass is 10.1. The van der Waals surface area contributed by atoms with Gasteiger partial charge < -0.3 is 9.73 Å². The number of benzene rings is 2. The van der Waals surface area contributed by atoms with E-state index in [0.717, 1.165) is 10.9 Å². The highest BCUT2D eigenvalue weighted by molar-refractivity contribution is 7.99. The third kappa shape index (κ3) is 4.02. The van der Waals surface area contributed by atoms with Crippen LogP contribution in [0.4, 0.5) is 13.2 Å². The van der Waals surface area contributed by atoms with E-state index in [1.54, 1.807) is 24.7 Å². The van der Waals surface area contributed by atoms with Crippen LogP contribution in [0.1, 0.15) is 22.8 Å². The SMILES string of the molecule is CNCCC(Sc1c(C(F)(F)F)ccc2ccccc12)c1ccoc1. The van der Waals surface area contributed by atoms with E-state index in [2.05, 4.69) is 5.32 Å². The second-order valence-corrected chi connectivity index (χ2v) is 6.93. The zero-order valence-electron chi connectivity index (χ0n) is 13.6. The molecule has 1 aromatic heterocycles. The van der Waals surface area contributed by atoms with E-state index in [4.69, 9.17) is 4.42 Å². The van der Waals surface area contributed by atoms with Gasteiger partial charge in [0.1, 0.15) is 0 Å². The highest BCUT2D eigenvalue weighted by Gasteiger charge is 2.35. The second kappa shape index (κ2) is 7.54. The van der Waals surface area contributed by atoms with Gasteiger partial charge in [-0.05, 0) is 42.9 Å². The Morgan fingerprint density at radius 3 is 2.60 bits per heavy atom. The smallest absolute Gasteiger partial charge is 0.417 e. The summed E-state index contributed by atoms with van der Waals surface area (Å²) in [5.74, 6) is 0. The van der Waals surface area contributed by atoms with Crippen molar-refractivity contribution in [3.8, 4) is 0 Å². The van der Waals surface area contributed by atoms with Crippen LogP contribution in [0.25, 0.3) is 10.8 Å². The number of thioether (sulfide) groups is 1. The van der Waals surface area contributed by atoms with Crippen LogP contribution >= 0.6 is 11.8 Å². The molecule has 3 rings (SSSR count). The first-order chi connectivity index (χ1) is 12.0. The molecule has 0 bridgehead atoms. The van der Waals surface area contributed by atoms with Gasteiger partial charge in [-0.1, -0.05) is 30.3 Å². The summed E-state index contributed by atoms with van der Waals surface area (Å²) in [6, 6.07) is 11.7. The fourth-order valence-electron chi connectivity index (χ4n) is 2.76. The van der Waals surface area contributed by atoms with Crippen LogP contribution in [0.2, 0.25) is 0 Å².